The van der Waals surface area contributed by atoms with E-state index in [2.05, 4.69) is 26.0 Å². The van der Waals surface area contributed by atoms with Crippen LogP contribution in [0.3, 0.4) is 0 Å². The van der Waals surface area contributed by atoms with E-state index in [0.717, 1.165) is 64.5 Å². The number of nitrogens with two attached hydrogens (primary N) is 1. The number of pyridine rings is 1. The molecule has 0 atom stereocenters. The van der Waals surface area contributed by atoms with Crippen LogP contribution >= 0.6 is 15.9 Å². The third kappa shape index (κ3) is 3.68. The first-order chi connectivity index (χ1) is 15.0. The normalized spacial score (nSPS) is 19.3. The smallest absolute Gasteiger partial charge is 0.165 e. The fraction of sp³-hybridized carbons (Fsp3) is 0.348. The molecule has 8 heteroatoms. The molecule has 5 rings (SSSR count). The van der Waals surface area contributed by atoms with E-state index >= 15 is 0 Å². The van der Waals surface area contributed by atoms with Gasteiger partial charge in [-0.25, -0.2) is 9.37 Å². The summed E-state index contributed by atoms with van der Waals surface area (Å²) in [6, 6.07) is 6.49. The van der Waals surface area contributed by atoms with Gasteiger partial charge in [-0.15, -0.1) is 0 Å². The van der Waals surface area contributed by atoms with Crippen LogP contribution in [0, 0.1) is 11.7 Å². The molecule has 31 heavy (non-hydrogen) atoms. The molecule has 3 heterocycles. The third-order valence-electron chi connectivity index (χ3n) is 6.24. The van der Waals surface area contributed by atoms with Crippen molar-refractivity contribution in [1.82, 2.24) is 19.6 Å². The molecule has 1 aliphatic rings. The molecule has 1 fully saturated rings. The minimum Gasteiger partial charge on any atom is -0.384 e. The Labute approximate surface area is 187 Å². The highest BCUT2D eigenvalue weighted by Gasteiger charge is 2.27. The molecule has 0 bridgehead atoms. The Morgan fingerprint density at radius 2 is 2.00 bits per heavy atom. The van der Waals surface area contributed by atoms with Gasteiger partial charge in [0.1, 0.15) is 11.6 Å². The summed E-state index contributed by atoms with van der Waals surface area (Å²) in [5.41, 5.74) is 10.5. The maximum absolute atomic E-state index is 13.7. The highest BCUT2D eigenvalue weighted by molar-refractivity contribution is 9.10. The largest absolute Gasteiger partial charge is 0.384 e. The minimum atomic E-state index is -0.288. The Morgan fingerprint density at radius 3 is 2.77 bits per heavy atom. The van der Waals surface area contributed by atoms with E-state index in [-0.39, 0.29) is 5.82 Å². The Hall–Kier alpha value is -2.58. The first kappa shape index (κ1) is 20.3. The van der Waals surface area contributed by atoms with Gasteiger partial charge in [-0.2, -0.15) is 9.61 Å². The summed E-state index contributed by atoms with van der Waals surface area (Å²) >= 11 is 3.66. The number of nitrogen functional groups attached to an aromatic ring is 1. The lowest BCUT2D eigenvalue weighted by molar-refractivity contribution is 0.127. The number of halogens is 2. The molecule has 0 radical (unpaired) electrons. The summed E-state index contributed by atoms with van der Waals surface area (Å²) in [5, 5.41) is 5.19. The first-order valence-corrected chi connectivity index (χ1v) is 11.2. The van der Waals surface area contributed by atoms with Crippen molar-refractivity contribution in [1.29, 1.82) is 0 Å². The number of fused-ring (bicyclic) bond motifs is 2. The second kappa shape index (κ2) is 8.16. The van der Waals surface area contributed by atoms with Crippen LogP contribution in [0.15, 0.2) is 41.1 Å². The second-order valence-electron chi connectivity index (χ2n) is 8.22. The number of hydrogen-bond donors (Lipinski definition) is 1. The van der Waals surface area contributed by atoms with Crippen molar-refractivity contribution in [3.05, 3.63) is 52.6 Å². The maximum Gasteiger partial charge on any atom is 0.165 e. The molecule has 6 nitrogen and oxygen atoms in total. The lowest BCUT2D eigenvalue weighted by atomic mass is 9.80. The first-order valence-electron chi connectivity index (χ1n) is 10.4. The van der Waals surface area contributed by atoms with Crippen molar-refractivity contribution < 1.29 is 9.13 Å². The lowest BCUT2D eigenvalue weighted by Gasteiger charge is -2.28. The molecule has 2 N–H and O–H groups in total. The van der Waals surface area contributed by atoms with Crippen LogP contribution in [0.4, 0.5) is 10.2 Å². The summed E-state index contributed by atoms with van der Waals surface area (Å²) < 4.78 is 21.5. The number of aromatic nitrogens is 4. The summed E-state index contributed by atoms with van der Waals surface area (Å²) in [5.74, 6) is 1.19. The van der Waals surface area contributed by atoms with Crippen molar-refractivity contribution in [2.24, 2.45) is 5.92 Å². The summed E-state index contributed by atoms with van der Waals surface area (Å²) in [7, 11) is 1.76. The van der Waals surface area contributed by atoms with E-state index in [1.54, 1.807) is 30.1 Å². The Balaban J connectivity index is 1.57. The molecule has 0 saturated heterocycles. The molecule has 160 valence electrons. The second-order valence-corrected chi connectivity index (χ2v) is 9.02. The topological polar surface area (TPSA) is 78.3 Å². The van der Waals surface area contributed by atoms with Crippen LogP contribution in [0.2, 0.25) is 0 Å². The van der Waals surface area contributed by atoms with Gasteiger partial charge in [0.2, 0.25) is 0 Å². The maximum atomic E-state index is 13.7. The highest BCUT2D eigenvalue weighted by Crippen LogP contribution is 2.40. The Kier molecular flexibility index (Phi) is 5.35. The van der Waals surface area contributed by atoms with Crippen LogP contribution in [0.1, 0.15) is 37.3 Å². The summed E-state index contributed by atoms with van der Waals surface area (Å²) in [6.07, 6.45) is 7.85. The summed E-state index contributed by atoms with van der Waals surface area (Å²) in [4.78, 5) is 9.48. The van der Waals surface area contributed by atoms with Crippen LogP contribution in [-0.4, -0.2) is 33.3 Å². The monoisotopic (exact) mass is 483 g/mol. The molecular weight excluding hydrogens is 461 g/mol. The van der Waals surface area contributed by atoms with Crippen LogP contribution in [0.25, 0.3) is 27.7 Å². The highest BCUT2D eigenvalue weighted by atomic mass is 79.9. The van der Waals surface area contributed by atoms with E-state index < -0.39 is 0 Å². The quantitative estimate of drug-likeness (QED) is 0.423. The average Bonchev–Trinajstić information content (AvgIpc) is 3.21. The third-order valence-corrected chi connectivity index (χ3v) is 7.05. The van der Waals surface area contributed by atoms with Crippen molar-refractivity contribution in [3.63, 3.8) is 0 Å². The van der Waals surface area contributed by atoms with Crippen molar-refractivity contribution in [2.75, 3.05) is 19.5 Å². The molecular formula is C23H23BrFN5O. The zero-order chi connectivity index (χ0) is 21.5. The minimum absolute atomic E-state index is 0.288. The number of methoxy groups -OCH3 is 1. The zero-order valence-electron chi connectivity index (χ0n) is 17.2. The standard InChI is InChI=1S/C23H23BrFN5O/c1-31-12-13-2-4-14(5-3-13)21-20(24)22(26)30-23(29-21)18(11-28-30)16-8-15-9-17(25)6-7-19(15)27-10-16/h6-11,13-14H,2-5,12,26H2,1H3. The number of hydrogen-bond acceptors (Lipinski definition) is 5. The predicted molar refractivity (Wildman–Crippen MR) is 122 cm³/mol. The number of anilines is 1. The number of ether oxygens (including phenoxy) is 1. The molecule has 0 aliphatic heterocycles. The van der Waals surface area contributed by atoms with Crippen molar-refractivity contribution >= 4 is 38.3 Å². The van der Waals surface area contributed by atoms with E-state index in [9.17, 15) is 4.39 Å². The van der Waals surface area contributed by atoms with Crippen molar-refractivity contribution in [3.8, 4) is 11.1 Å². The number of benzene rings is 1. The van der Waals surface area contributed by atoms with Gasteiger partial charge in [0.15, 0.2) is 5.65 Å². The van der Waals surface area contributed by atoms with Gasteiger partial charge in [0.05, 0.1) is 21.9 Å². The molecule has 0 unspecified atom stereocenters. The number of rotatable bonds is 4. The Bertz CT molecular complexity index is 1270. The van der Waals surface area contributed by atoms with Gasteiger partial charge in [-0.1, -0.05) is 0 Å². The van der Waals surface area contributed by atoms with E-state index in [1.165, 1.54) is 12.1 Å². The SMILES string of the molecule is COCC1CCC(c2nc3c(-c4cnc5ccc(F)cc5c4)cnn3c(N)c2Br)CC1. The Morgan fingerprint density at radius 1 is 1.19 bits per heavy atom. The van der Waals surface area contributed by atoms with E-state index in [4.69, 9.17) is 15.5 Å². The van der Waals surface area contributed by atoms with Gasteiger partial charge in [0.25, 0.3) is 0 Å². The van der Waals surface area contributed by atoms with Crippen molar-refractivity contribution in [2.45, 2.75) is 31.6 Å². The fourth-order valence-corrected chi connectivity index (χ4v) is 5.16. The van der Waals surface area contributed by atoms with E-state index in [0.29, 0.717) is 23.3 Å². The van der Waals surface area contributed by atoms with Gasteiger partial charge in [-0.05, 0) is 71.8 Å². The van der Waals surface area contributed by atoms with Gasteiger partial charge in [0, 0.05) is 42.3 Å². The molecule has 1 saturated carbocycles. The van der Waals surface area contributed by atoms with Gasteiger partial charge >= 0.3 is 0 Å². The van der Waals surface area contributed by atoms with E-state index in [1.807, 2.05) is 6.07 Å². The van der Waals surface area contributed by atoms with Crippen LogP contribution in [-0.2, 0) is 4.74 Å². The molecule has 3 aromatic heterocycles. The van der Waals surface area contributed by atoms with Crippen LogP contribution < -0.4 is 5.73 Å². The lowest BCUT2D eigenvalue weighted by Crippen LogP contribution is -2.19. The van der Waals surface area contributed by atoms with Crippen LogP contribution in [0.5, 0.6) is 0 Å². The fourth-order valence-electron chi connectivity index (χ4n) is 4.58. The molecule has 4 aromatic rings. The molecule has 1 aliphatic carbocycles. The summed E-state index contributed by atoms with van der Waals surface area (Å²) in [6.45, 7) is 0.810. The molecule has 1 aromatic carbocycles. The molecule has 0 amide bonds. The zero-order valence-corrected chi connectivity index (χ0v) is 18.8. The average molecular weight is 484 g/mol. The number of nitrogens with zero attached hydrogens (tertiary/aromatic N) is 4. The predicted octanol–water partition coefficient (Wildman–Crippen LogP) is 5.35. The molecule has 0 spiro atoms. The van der Waals surface area contributed by atoms with Gasteiger partial charge < -0.3 is 10.5 Å². The van der Waals surface area contributed by atoms with Gasteiger partial charge in [-0.3, -0.25) is 4.98 Å².